The van der Waals surface area contributed by atoms with E-state index in [2.05, 4.69) is 15.3 Å². The number of hydrogen-bond donors (Lipinski definition) is 2. The van der Waals surface area contributed by atoms with Crippen LogP contribution in [0.3, 0.4) is 0 Å². The number of hydrogen-bond acceptors (Lipinski definition) is 6. The summed E-state index contributed by atoms with van der Waals surface area (Å²) < 4.78 is 16.8. The first-order chi connectivity index (χ1) is 13.7. The van der Waals surface area contributed by atoms with Crippen LogP contribution in [-0.2, 0) is 9.47 Å². The number of carbonyl (C=O) groups is 1. The molecule has 0 bridgehead atoms. The lowest BCUT2D eigenvalue weighted by molar-refractivity contribution is -0.101. The second-order valence-corrected chi connectivity index (χ2v) is 6.31. The smallest absolute Gasteiger partial charge is 0.272 e. The van der Waals surface area contributed by atoms with Crippen LogP contribution < -0.4 is 15.6 Å². The second kappa shape index (κ2) is 8.20. The Bertz CT molecular complexity index is 1040. The van der Waals surface area contributed by atoms with Crippen molar-refractivity contribution < 1.29 is 19.0 Å². The molecular weight excluding hydrogens is 362 g/mol. The van der Waals surface area contributed by atoms with E-state index in [4.69, 9.17) is 14.2 Å². The van der Waals surface area contributed by atoms with Gasteiger partial charge in [-0.3, -0.25) is 9.59 Å². The minimum absolute atomic E-state index is 0.114. The maximum atomic E-state index is 12.3. The molecule has 1 aliphatic heterocycles. The van der Waals surface area contributed by atoms with E-state index in [1.54, 1.807) is 18.3 Å². The lowest BCUT2D eigenvalue weighted by Gasteiger charge is -2.22. The second-order valence-electron chi connectivity index (χ2n) is 6.31. The minimum atomic E-state index is -0.392. The molecule has 1 fully saturated rings. The number of nitrogens with zero attached hydrogens (tertiary/aromatic N) is 1. The van der Waals surface area contributed by atoms with Gasteiger partial charge in [0.15, 0.2) is 0 Å². The lowest BCUT2D eigenvalue weighted by atomic mass is 10.1. The van der Waals surface area contributed by atoms with E-state index in [9.17, 15) is 9.59 Å². The van der Waals surface area contributed by atoms with Gasteiger partial charge in [0.2, 0.25) is 11.4 Å². The van der Waals surface area contributed by atoms with Crippen molar-refractivity contribution in [3.05, 3.63) is 64.7 Å². The zero-order chi connectivity index (χ0) is 19.3. The first kappa shape index (κ1) is 18.1. The highest BCUT2D eigenvalue weighted by Crippen LogP contribution is 2.26. The molecule has 1 aliphatic rings. The summed E-state index contributed by atoms with van der Waals surface area (Å²) in [5.74, 6) is 0.106. The molecule has 0 aliphatic carbocycles. The average molecular weight is 381 g/mol. The highest BCUT2D eigenvalue weighted by Gasteiger charge is 2.16. The Morgan fingerprint density at radius 1 is 1.25 bits per heavy atom. The number of carbonyl (C=O) groups excluding carboxylic acids is 1. The SMILES string of the molecule is O=C(Nc1ccc2c(OCC3COCCO3)nccc2c1)c1cccc(=O)[nH]1. The number of fused-ring (bicyclic) bond motifs is 1. The number of H-pyrrole nitrogens is 1. The molecule has 1 aromatic carbocycles. The van der Waals surface area contributed by atoms with Crippen molar-refractivity contribution in [2.24, 2.45) is 0 Å². The molecule has 144 valence electrons. The number of ether oxygens (including phenoxy) is 3. The molecule has 8 nitrogen and oxygen atoms in total. The molecule has 8 heteroatoms. The number of anilines is 1. The van der Waals surface area contributed by atoms with Gasteiger partial charge in [-0.25, -0.2) is 4.98 Å². The number of aromatic amines is 1. The number of benzene rings is 1. The molecular formula is C20H19N3O5. The van der Waals surface area contributed by atoms with Gasteiger partial charge < -0.3 is 24.5 Å². The van der Waals surface area contributed by atoms with Crippen molar-refractivity contribution in [3.63, 3.8) is 0 Å². The Hall–Kier alpha value is -3.23. The van der Waals surface area contributed by atoms with E-state index in [0.717, 1.165) is 10.8 Å². The molecule has 2 N–H and O–H groups in total. The summed E-state index contributed by atoms with van der Waals surface area (Å²) in [5.41, 5.74) is 0.468. The van der Waals surface area contributed by atoms with E-state index < -0.39 is 5.91 Å². The number of rotatable bonds is 5. The fourth-order valence-electron chi connectivity index (χ4n) is 2.93. The van der Waals surface area contributed by atoms with Crippen LogP contribution in [0.2, 0.25) is 0 Å². The highest BCUT2D eigenvalue weighted by molar-refractivity contribution is 6.04. The fraction of sp³-hybridized carbons (Fsp3) is 0.250. The summed E-state index contributed by atoms with van der Waals surface area (Å²) in [7, 11) is 0. The highest BCUT2D eigenvalue weighted by atomic mass is 16.6. The van der Waals surface area contributed by atoms with Gasteiger partial charge in [0.05, 0.1) is 19.8 Å². The molecule has 1 saturated heterocycles. The molecule has 3 aromatic rings. The molecule has 1 amide bonds. The first-order valence-corrected chi connectivity index (χ1v) is 8.91. The molecule has 28 heavy (non-hydrogen) atoms. The predicted molar refractivity (Wildman–Crippen MR) is 103 cm³/mol. The van der Waals surface area contributed by atoms with Crippen LogP contribution in [-0.4, -0.2) is 48.4 Å². The van der Waals surface area contributed by atoms with Crippen LogP contribution in [0.4, 0.5) is 5.69 Å². The van der Waals surface area contributed by atoms with Gasteiger partial charge in [-0.15, -0.1) is 0 Å². The molecule has 1 atom stereocenters. The van der Waals surface area contributed by atoms with Gasteiger partial charge >= 0.3 is 0 Å². The van der Waals surface area contributed by atoms with Gasteiger partial charge in [-0.05, 0) is 35.7 Å². The zero-order valence-corrected chi connectivity index (χ0v) is 15.0. The molecule has 2 aromatic heterocycles. The molecule has 4 rings (SSSR count). The standard InChI is InChI=1S/C20H19N3O5/c24-18-3-1-2-17(23-18)19(25)22-14-4-5-16-13(10-14)6-7-21-20(16)28-12-15-11-26-8-9-27-15/h1-7,10,15H,8-9,11-12H2,(H,22,25)(H,23,24). The van der Waals surface area contributed by atoms with Gasteiger partial charge in [-0.1, -0.05) is 6.07 Å². The maximum absolute atomic E-state index is 12.3. The summed E-state index contributed by atoms with van der Waals surface area (Å²) >= 11 is 0. The monoisotopic (exact) mass is 381 g/mol. The van der Waals surface area contributed by atoms with Crippen LogP contribution in [0.5, 0.6) is 5.88 Å². The van der Waals surface area contributed by atoms with Crippen molar-refractivity contribution >= 4 is 22.4 Å². The Morgan fingerprint density at radius 2 is 2.18 bits per heavy atom. The fourth-order valence-corrected chi connectivity index (χ4v) is 2.93. The molecule has 0 saturated carbocycles. The third-order valence-electron chi connectivity index (χ3n) is 4.29. The third kappa shape index (κ3) is 4.19. The number of aromatic nitrogens is 2. The predicted octanol–water partition coefficient (Wildman–Crippen LogP) is 1.97. The summed E-state index contributed by atoms with van der Waals surface area (Å²) in [6.45, 7) is 2.02. The van der Waals surface area contributed by atoms with E-state index >= 15 is 0 Å². The van der Waals surface area contributed by atoms with Gasteiger partial charge in [0.1, 0.15) is 18.4 Å². The number of pyridine rings is 2. The average Bonchev–Trinajstić information content (AvgIpc) is 2.72. The summed E-state index contributed by atoms with van der Waals surface area (Å²) in [6.07, 6.45) is 1.54. The van der Waals surface area contributed by atoms with Crippen molar-refractivity contribution in [3.8, 4) is 5.88 Å². The van der Waals surface area contributed by atoms with Crippen molar-refractivity contribution in [1.29, 1.82) is 0 Å². The van der Waals surface area contributed by atoms with Crippen LogP contribution in [0, 0.1) is 0 Å². The minimum Gasteiger partial charge on any atom is -0.474 e. The maximum Gasteiger partial charge on any atom is 0.272 e. The topological polar surface area (TPSA) is 103 Å². The molecule has 3 heterocycles. The van der Waals surface area contributed by atoms with Crippen LogP contribution in [0.1, 0.15) is 10.5 Å². The van der Waals surface area contributed by atoms with E-state index in [-0.39, 0.29) is 17.4 Å². The van der Waals surface area contributed by atoms with E-state index in [1.165, 1.54) is 12.1 Å². The Kier molecular flexibility index (Phi) is 5.31. The lowest BCUT2D eigenvalue weighted by Crippen LogP contribution is -2.33. The summed E-state index contributed by atoms with van der Waals surface area (Å²) in [6, 6.07) is 11.7. The van der Waals surface area contributed by atoms with Crippen LogP contribution in [0.25, 0.3) is 10.8 Å². The summed E-state index contributed by atoms with van der Waals surface area (Å²) in [5, 5.41) is 4.46. The van der Waals surface area contributed by atoms with Crippen molar-refractivity contribution in [2.45, 2.75) is 6.10 Å². The first-order valence-electron chi connectivity index (χ1n) is 8.91. The van der Waals surface area contributed by atoms with Crippen LogP contribution >= 0.6 is 0 Å². The Balaban J connectivity index is 1.49. The summed E-state index contributed by atoms with van der Waals surface area (Å²) in [4.78, 5) is 30.5. The van der Waals surface area contributed by atoms with Crippen LogP contribution in [0.15, 0.2) is 53.5 Å². The quantitative estimate of drug-likeness (QED) is 0.701. The molecule has 0 radical (unpaired) electrons. The molecule has 1 unspecified atom stereocenters. The normalized spacial score (nSPS) is 16.6. The third-order valence-corrected chi connectivity index (χ3v) is 4.29. The Morgan fingerprint density at radius 3 is 3.00 bits per heavy atom. The van der Waals surface area contributed by atoms with E-state index in [0.29, 0.717) is 38.0 Å². The molecule has 0 spiro atoms. The van der Waals surface area contributed by atoms with Crippen molar-refractivity contribution in [2.75, 3.05) is 31.7 Å². The van der Waals surface area contributed by atoms with Gasteiger partial charge in [0.25, 0.3) is 5.91 Å². The van der Waals surface area contributed by atoms with E-state index in [1.807, 2.05) is 18.2 Å². The number of amides is 1. The largest absolute Gasteiger partial charge is 0.474 e. The Labute approximate surface area is 160 Å². The van der Waals surface area contributed by atoms with Gasteiger partial charge in [0, 0.05) is 23.3 Å². The van der Waals surface area contributed by atoms with Gasteiger partial charge in [-0.2, -0.15) is 0 Å². The zero-order valence-electron chi connectivity index (χ0n) is 15.0. The van der Waals surface area contributed by atoms with Crippen molar-refractivity contribution in [1.82, 2.24) is 9.97 Å². The number of nitrogens with one attached hydrogen (secondary N) is 2.